The Kier molecular flexibility index (Phi) is 3.56. The van der Waals surface area contributed by atoms with Crippen molar-refractivity contribution in [2.75, 3.05) is 19.7 Å². The van der Waals surface area contributed by atoms with Crippen molar-refractivity contribution in [3.63, 3.8) is 0 Å². The second kappa shape index (κ2) is 4.91. The number of rotatable bonds is 4. The minimum Gasteiger partial charge on any atom is -0.395 e. The highest BCUT2D eigenvalue weighted by molar-refractivity contribution is 7.07. The molecule has 0 spiro atoms. The summed E-state index contributed by atoms with van der Waals surface area (Å²) in [5, 5.41) is 13.5. The van der Waals surface area contributed by atoms with Crippen LogP contribution in [0.5, 0.6) is 0 Å². The maximum absolute atomic E-state index is 9.15. The molecule has 1 fully saturated rings. The van der Waals surface area contributed by atoms with Crippen molar-refractivity contribution in [1.82, 2.24) is 4.90 Å². The molecule has 0 saturated carbocycles. The molecule has 1 N–H and O–H groups in total. The first kappa shape index (κ1) is 10.1. The predicted molar refractivity (Wildman–Crippen MR) is 59.7 cm³/mol. The van der Waals surface area contributed by atoms with Crippen molar-refractivity contribution >= 4 is 11.3 Å². The van der Waals surface area contributed by atoms with Gasteiger partial charge in [0.15, 0.2) is 0 Å². The first-order valence-corrected chi connectivity index (χ1v) is 6.20. The standard InChI is InChI=1S/C11H17NOS/c13-8-11-2-1-5-12(11)6-3-10-4-7-14-9-10/h4,7,9,11,13H,1-3,5-6,8H2/t11-/m0/s1. The fraction of sp³-hybridized carbons (Fsp3) is 0.636. The molecule has 0 aliphatic carbocycles. The molecule has 1 saturated heterocycles. The maximum Gasteiger partial charge on any atom is 0.0586 e. The molecule has 1 aliphatic heterocycles. The van der Waals surface area contributed by atoms with Gasteiger partial charge >= 0.3 is 0 Å². The van der Waals surface area contributed by atoms with Crippen LogP contribution in [0.4, 0.5) is 0 Å². The Hall–Kier alpha value is -0.380. The SMILES string of the molecule is OC[C@@H]1CCCN1CCc1ccsc1. The number of aliphatic hydroxyl groups is 1. The van der Waals surface area contributed by atoms with Gasteiger partial charge in [0, 0.05) is 12.6 Å². The molecule has 0 unspecified atom stereocenters. The Morgan fingerprint density at radius 2 is 2.50 bits per heavy atom. The molecule has 1 aromatic heterocycles. The largest absolute Gasteiger partial charge is 0.395 e. The fourth-order valence-electron chi connectivity index (χ4n) is 2.10. The molecule has 2 heterocycles. The molecular weight excluding hydrogens is 194 g/mol. The zero-order valence-corrected chi connectivity index (χ0v) is 9.17. The monoisotopic (exact) mass is 211 g/mol. The summed E-state index contributed by atoms with van der Waals surface area (Å²) in [5.41, 5.74) is 1.43. The summed E-state index contributed by atoms with van der Waals surface area (Å²) in [4.78, 5) is 2.41. The van der Waals surface area contributed by atoms with Crippen molar-refractivity contribution in [3.05, 3.63) is 22.4 Å². The van der Waals surface area contributed by atoms with E-state index >= 15 is 0 Å². The van der Waals surface area contributed by atoms with Crippen LogP contribution in [0.3, 0.4) is 0 Å². The summed E-state index contributed by atoms with van der Waals surface area (Å²) in [6.45, 7) is 2.58. The van der Waals surface area contributed by atoms with Gasteiger partial charge in [-0.05, 0) is 48.2 Å². The predicted octanol–water partition coefficient (Wildman–Crippen LogP) is 1.75. The van der Waals surface area contributed by atoms with Gasteiger partial charge in [0.1, 0.15) is 0 Å². The number of hydrogen-bond acceptors (Lipinski definition) is 3. The van der Waals surface area contributed by atoms with E-state index in [1.54, 1.807) is 11.3 Å². The summed E-state index contributed by atoms with van der Waals surface area (Å²) in [7, 11) is 0. The topological polar surface area (TPSA) is 23.5 Å². The lowest BCUT2D eigenvalue weighted by Gasteiger charge is -2.22. The molecule has 1 aromatic rings. The van der Waals surface area contributed by atoms with Crippen LogP contribution in [0.15, 0.2) is 16.8 Å². The summed E-state index contributed by atoms with van der Waals surface area (Å²) in [5.74, 6) is 0. The number of thiophene rings is 1. The fourth-order valence-corrected chi connectivity index (χ4v) is 2.81. The Morgan fingerprint density at radius 1 is 1.57 bits per heavy atom. The van der Waals surface area contributed by atoms with E-state index in [0.29, 0.717) is 12.6 Å². The van der Waals surface area contributed by atoms with Crippen molar-refractivity contribution in [2.24, 2.45) is 0 Å². The van der Waals surface area contributed by atoms with Gasteiger partial charge in [-0.3, -0.25) is 4.90 Å². The van der Waals surface area contributed by atoms with E-state index < -0.39 is 0 Å². The summed E-state index contributed by atoms with van der Waals surface area (Å²) >= 11 is 1.76. The van der Waals surface area contributed by atoms with Crippen LogP contribution < -0.4 is 0 Å². The number of hydrogen-bond donors (Lipinski definition) is 1. The zero-order valence-electron chi connectivity index (χ0n) is 8.35. The minimum atomic E-state index is 0.323. The van der Waals surface area contributed by atoms with E-state index in [0.717, 1.165) is 19.5 Å². The lowest BCUT2D eigenvalue weighted by Crippen LogP contribution is -2.33. The molecule has 78 valence electrons. The minimum absolute atomic E-state index is 0.323. The molecule has 1 aliphatic rings. The van der Waals surface area contributed by atoms with Gasteiger partial charge in [0.25, 0.3) is 0 Å². The average molecular weight is 211 g/mol. The normalized spacial score (nSPS) is 23.1. The smallest absolute Gasteiger partial charge is 0.0586 e. The molecule has 3 heteroatoms. The zero-order chi connectivity index (χ0) is 9.80. The number of likely N-dealkylation sites (tertiary alicyclic amines) is 1. The molecule has 0 bridgehead atoms. The highest BCUT2D eigenvalue weighted by Crippen LogP contribution is 2.17. The Morgan fingerprint density at radius 3 is 3.21 bits per heavy atom. The third-order valence-electron chi connectivity index (χ3n) is 2.98. The third kappa shape index (κ3) is 2.35. The number of nitrogens with zero attached hydrogens (tertiary/aromatic N) is 1. The van der Waals surface area contributed by atoms with Crippen LogP contribution in [0, 0.1) is 0 Å². The molecular formula is C11H17NOS. The summed E-state index contributed by atoms with van der Waals surface area (Å²) in [6, 6.07) is 2.61. The van der Waals surface area contributed by atoms with Gasteiger partial charge in [0.2, 0.25) is 0 Å². The van der Waals surface area contributed by atoms with Crippen LogP contribution in [0.1, 0.15) is 18.4 Å². The molecule has 2 rings (SSSR count). The van der Waals surface area contributed by atoms with E-state index in [1.165, 1.54) is 18.4 Å². The third-order valence-corrected chi connectivity index (χ3v) is 3.71. The maximum atomic E-state index is 9.15. The van der Waals surface area contributed by atoms with Crippen molar-refractivity contribution in [3.8, 4) is 0 Å². The van der Waals surface area contributed by atoms with Gasteiger partial charge in [-0.25, -0.2) is 0 Å². The van der Waals surface area contributed by atoms with Crippen molar-refractivity contribution < 1.29 is 5.11 Å². The number of aliphatic hydroxyl groups excluding tert-OH is 1. The Bertz CT molecular complexity index is 260. The molecule has 2 nitrogen and oxygen atoms in total. The van der Waals surface area contributed by atoms with Gasteiger partial charge in [-0.15, -0.1) is 0 Å². The van der Waals surface area contributed by atoms with Gasteiger partial charge in [0.05, 0.1) is 6.61 Å². The lowest BCUT2D eigenvalue weighted by atomic mass is 10.2. The van der Waals surface area contributed by atoms with E-state index in [2.05, 4.69) is 21.7 Å². The van der Waals surface area contributed by atoms with E-state index in [4.69, 9.17) is 5.11 Å². The van der Waals surface area contributed by atoms with E-state index in [1.807, 2.05) is 0 Å². The van der Waals surface area contributed by atoms with Crippen LogP contribution in [-0.2, 0) is 6.42 Å². The molecule has 14 heavy (non-hydrogen) atoms. The van der Waals surface area contributed by atoms with Gasteiger partial charge in [-0.2, -0.15) is 11.3 Å². The molecule has 0 amide bonds. The van der Waals surface area contributed by atoms with Crippen LogP contribution in [-0.4, -0.2) is 35.7 Å². The van der Waals surface area contributed by atoms with Crippen LogP contribution in [0.2, 0.25) is 0 Å². The quantitative estimate of drug-likeness (QED) is 0.820. The first-order valence-electron chi connectivity index (χ1n) is 5.26. The lowest BCUT2D eigenvalue weighted by molar-refractivity contribution is 0.160. The second-order valence-electron chi connectivity index (χ2n) is 3.90. The van der Waals surface area contributed by atoms with Gasteiger partial charge < -0.3 is 5.11 Å². The summed E-state index contributed by atoms with van der Waals surface area (Å²) in [6.07, 6.45) is 3.54. The van der Waals surface area contributed by atoms with Gasteiger partial charge in [-0.1, -0.05) is 0 Å². The molecule has 0 radical (unpaired) electrons. The van der Waals surface area contributed by atoms with Crippen molar-refractivity contribution in [2.45, 2.75) is 25.3 Å². The average Bonchev–Trinajstić information content (AvgIpc) is 2.85. The summed E-state index contributed by atoms with van der Waals surface area (Å²) < 4.78 is 0. The highest BCUT2D eigenvalue weighted by Gasteiger charge is 2.22. The Balaban J connectivity index is 1.80. The second-order valence-corrected chi connectivity index (χ2v) is 4.68. The van der Waals surface area contributed by atoms with E-state index in [-0.39, 0.29) is 0 Å². The van der Waals surface area contributed by atoms with E-state index in [9.17, 15) is 0 Å². The first-order chi connectivity index (χ1) is 6.90. The van der Waals surface area contributed by atoms with Crippen LogP contribution >= 0.6 is 11.3 Å². The molecule has 0 aromatic carbocycles. The van der Waals surface area contributed by atoms with Crippen molar-refractivity contribution in [1.29, 1.82) is 0 Å². The van der Waals surface area contributed by atoms with Crippen LogP contribution in [0.25, 0.3) is 0 Å². The Labute approximate surface area is 89.2 Å². The molecule has 1 atom stereocenters. The highest BCUT2D eigenvalue weighted by atomic mass is 32.1.